The van der Waals surface area contributed by atoms with Crippen molar-refractivity contribution in [1.82, 2.24) is 19.8 Å². The quantitative estimate of drug-likeness (QED) is 0.281. The van der Waals surface area contributed by atoms with Crippen LogP contribution < -0.4 is 25.3 Å². The molecular weight excluding hydrogens is 599 g/mol. The average Bonchev–Trinajstić information content (AvgIpc) is 3.59. The molecule has 12 heteroatoms. The standard InChI is InChI=1S/C35H45FN8O3/c1-5-35(45)40-28-20-29(39-33-22-34(38-23-37-33)44-30(13-18-47-44)24-7-6-8-25(36)19-24)32(46-4)21-31(28)43-16-11-27(12-17-43)42-14-9-26(10-15-42)41(2)3/h5-8,19-23,26-27,30H,1,9-18H2,2-4H3,(H,40,45)(H,37,38,39)/t30-/m1/s1. The zero-order valence-electron chi connectivity index (χ0n) is 27.5. The van der Waals surface area contributed by atoms with Gasteiger partial charge in [-0.15, -0.1) is 0 Å². The highest BCUT2D eigenvalue weighted by atomic mass is 19.1. The van der Waals surface area contributed by atoms with E-state index >= 15 is 0 Å². The Labute approximate surface area is 276 Å². The Morgan fingerprint density at radius 1 is 1.04 bits per heavy atom. The molecule has 3 aliphatic rings. The summed E-state index contributed by atoms with van der Waals surface area (Å²) < 4.78 is 19.8. The van der Waals surface area contributed by atoms with Crippen molar-refractivity contribution in [3.05, 3.63) is 72.8 Å². The molecule has 0 unspecified atom stereocenters. The summed E-state index contributed by atoms with van der Waals surface area (Å²) in [5.74, 6) is 1.08. The molecule has 0 bridgehead atoms. The van der Waals surface area contributed by atoms with Crippen molar-refractivity contribution in [2.75, 3.05) is 74.6 Å². The number of aromatic nitrogens is 2. The Morgan fingerprint density at radius 3 is 2.53 bits per heavy atom. The Bertz CT molecular complexity index is 1560. The van der Waals surface area contributed by atoms with Crippen molar-refractivity contribution in [3.63, 3.8) is 0 Å². The monoisotopic (exact) mass is 644 g/mol. The summed E-state index contributed by atoms with van der Waals surface area (Å²) in [5.41, 5.74) is 3.00. The Hall–Kier alpha value is -4.26. The maximum atomic E-state index is 14.0. The van der Waals surface area contributed by atoms with Gasteiger partial charge in [0.25, 0.3) is 0 Å². The minimum atomic E-state index is -0.293. The Balaban J connectivity index is 1.20. The highest BCUT2D eigenvalue weighted by Crippen LogP contribution is 2.41. The lowest BCUT2D eigenvalue weighted by Gasteiger charge is -2.43. The van der Waals surface area contributed by atoms with Crippen LogP contribution in [0.5, 0.6) is 5.75 Å². The molecule has 250 valence electrons. The number of ether oxygens (including phenoxy) is 1. The number of amides is 1. The van der Waals surface area contributed by atoms with Crippen LogP contribution in [0, 0.1) is 5.82 Å². The van der Waals surface area contributed by atoms with Gasteiger partial charge in [0.05, 0.1) is 36.8 Å². The molecule has 1 aromatic heterocycles. The van der Waals surface area contributed by atoms with Crippen LogP contribution in [-0.4, -0.2) is 91.7 Å². The summed E-state index contributed by atoms with van der Waals surface area (Å²) >= 11 is 0. The first kappa shape index (κ1) is 32.7. The summed E-state index contributed by atoms with van der Waals surface area (Å²) in [5, 5.41) is 8.06. The molecule has 3 aliphatic heterocycles. The summed E-state index contributed by atoms with van der Waals surface area (Å²) in [7, 11) is 5.98. The first-order valence-electron chi connectivity index (χ1n) is 16.4. The fraction of sp³-hybridized carbons (Fsp3) is 0.457. The molecule has 0 radical (unpaired) electrons. The lowest BCUT2D eigenvalue weighted by atomic mass is 9.97. The van der Waals surface area contributed by atoms with Gasteiger partial charge in [-0.05, 0) is 82.7 Å². The molecule has 0 saturated carbocycles. The average molecular weight is 645 g/mol. The number of carbonyl (C=O) groups is 1. The molecule has 4 heterocycles. The summed E-state index contributed by atoms with van der Waals surface area (Å²) in [6, 6.07) is 13.2. The smallest absolute Gasteiger partial charge is 0.247 e. The van der Waals surface area contributed by atoms with E-state index in [9.17, 15) is 9.18 Å². The number of nitrogens with zero attached hydrogens (tertiary/aromatic N) is 6. The second kappa shape index (κ2) is 14.7. The number of benzene rings is 2. The fourth-order valence-corrected chi connectivity index (χ4v) is 7.01. The van der Waals surface area contributed by atoms with Gasteiger partial charge < -0.3 is 30.1 Å². The van der Waals surface area contributed by atoms with Gasteiger partial charge in [-0.1, -0.05) is 18.7 Å². The molecule has 11 nitrogen and oxygen atoms in total. The zero-order valence-corrected chi connectivity index (χ0v) is 27.5. The topological polar surface area (TPSA) is 98.3 Å². The summed E-state index contributed by atoms with van der Waals surface area (Å²) in [4.78, 5) is 34.7. The number of hydroxylamine groups is 1. The van der Waals surface area contributed by atoms with Gasteiger partial charge in [-0.2, -0.15) is 0 Å². The van der Waals surface area contributed by atoms with E-state index in [4.69, 9.17) is 9.57 Å². The van der Waals surface area contributed by atoms with Crippen molar-refractivity contribution in [2.45, 2.75) is 50.2 Å². The van der Waals surface area contributed by atoms with Gasteiger partial charge in [0.2, 0.25) is 5.91 Å². The van der Waals surface area contributed by atoms with E-state index in [1.54, 1.807) is 24.3 Å². The van der Waals surface area contributed by atoms with E-state index in [0.29, 0.717) is 53.9 Å². The van der Waals surface area contributed by atoms with Crippen LogP contribution in [0.15, 0.2) is 61.4 Å². The van der Waals surface area contributed by atoms with Gasteiger partial charge in [-0.3, -0.25) is 9.63 Å². The van der Waals surface area contributed by atoms with Gasteiger partial charge in [0.1, 0.15) is 23.7 Å². The zero-order chi connectivity index (χ0) is 32.9. The van der Waals surface area contributed by atoms with Crippen LogP contribution in [0.1, 0.15) is 43.7 Å². The molecule has 6 rings (SSSR count). The maximum absolute atomic E-state index is 14.0. The molecule has 3 aromatic rings. The number of rotatable bonds is 10. The van der Waals surface area contributed by atoms with Crippen LogP contribution in [0.3, 0.4) is 0 Å². The summed E-state index contributed by atoms with van der Waals surface area (Å²) in [6.45, 7) is 8.18. The Morgan fingerprint density at radius 2 is 1.83 bits per heavy atom. The third-order valence-electron chi connectivity index (χ3n) is 9.59. The second-order valence-corrected chi connectivity index (χ2v) is 12.6. The van der Waals surface area contributed by atoms with Crippen LogP contribution in [-0.2, 0) is 9.63 Å². The van der Waals surface area contributed by atoms with Crippen LogP contribution in [0.25, 0.3) is 0 Å². The van der Waals surface area contributed by atoms with Crippen molar-refractivity contribution >= 4 is 34.6 Å². The molecule has 47 heavy (non-hydrogen) atoms. The van der Waals surface area contributed by atoms with E-state index in [1.807, 2.05) is 18.2 Å². The molecular formula is C35H45FN8O3. The van der Waals surface area contributed by atoms with E-state index in [1.165, 1.54) is 37.4 Å². The number of piperidine rings is 2. The van der Waals surface area contributed by atoms with Crippen molar-refractivity contribution < 1.29 is 18.8 Å². The number of likely N-dealkylation sites (tertiary alicyclic amines) is 1. The number of anilines is 5. The molecule has 1 amide bonds. The largest absolute Gasteiger partial charge is 0.494 e. The number of hydrogen-bond donors (Lipinski definition) is 2. The molecule has 3 saturated heterocycles. The molecule has 1 atom stereocenters. The number of carbonyl (C=O) groups excluding carboxylic acids is 1. The van der Waals surface area contributed by atoms with Gasteiger partial charge in [0, 0.05) is 43.7 Å². The lowest BCUT2D eigenvalue weighted by Crippen LogP contribution is -2.50. The molecule has 0 aliphatic carbocycles. The normalized spacial score (nSPS) is 19.6. The van der Waals surface area contributed by atoms with Gasteiger partial charge in [0.15, 0.2) is 5.82 Å². The molecule has 2 aromatic carbocycles. The SMILES string of the molecule is C=CC(=O)Nc1cc(Nc2cc(N3OCC[C@@H]3c3cccc(F)c3)ncn2)c(OC)cc1N1CCC(N2CCC(N(C)C)CC2)CC1. The highest BCUT2D eigenvalue weighted by molar-refractivity contribution is 6.02. The van der Waals surface area contributed by atoms with Crippen LogP contribution in [0.2, 0.25) is 0 Å². The van der Waals surface area contributed by atoms with E-state index in [2.05, 4.69) is 56.0 Å². The van der Waals surface area contributed by atoms with Gasteiger partial charge in [-0.25, -0.2) is 19.4 Å². The predicted octanol–water partition coefficient (Wildman–Crippen LogP) is 5.37. The number of methoxy groups -OCH3 is 1. The molecule has 2 N–H and O–H groups in total. The van der Waals surface area contributed by atoms with Crippen molar-refractivity contribution in [1.29, 1.82) is 0 Å². The second-order valence-electron chi connectivity index (χ2n) is 12.6. The highest BCUT2D eigenvalue weighted by Gasteiger charge is 2.31. The molecule has 0 spiro atoms. The number of nitrogens with one attached hydrogen (secondary N) is 2. The Kier molecular flexibility index (Phi) is 10.2. The van der Waals surface area contributed by atoms with E-state index < -0.39 is 0 Å². The number of hydrogen-bond acceptors (Lipinski definition) is 10. The maximum Gasteiger partial charge on any atom is 0.247 e. The first-order valence-corrected chi connectivity index (χ1v) is 16.4. The van der Waals surface area contributed by atoms with Crippen LogP contribution >= 0.6 is 0 Å². The third-order valence-corrected chi connectivity index (χ3v) is 9.59. The predicted molar refractivity (Wildman–Crippen MR) is 183 cm³/mol. The molecule has 3 fully saturated rings. The number of halogens is 1. The lowest BCUT2D eigenvalue weighted by molar-refractivity contribution is -0.111. The summed E-state index contributed by atoms with van der Waals surface area (Å²) in [6.07, 6.45) is 7.96. The minimum Gasteiger partial charge on any atom is -0.494 e. The van der Waals surface area contributed by atoms with Crippen molar-refractivity contribution in [3.8, 4) is 5.75 Å². The van der Waals surface area contributed by atoms with E-state index in [-0.39, 0.29) is 17.8 Å². The third kappa shape index (κ3) is 7.50. The van der Waals surface area contributed by atoms with Crippen LogP contribution in [0.4, 0.5) is 33.1 Å². The fourth-order valence-electron chi connectivity index (χ4n) is 7.01. The van der Waals surface area contributed by atoms with E-state index in [0.717, 1.165) is 50.3 Å². The first-order chi connectivity index (χ1) is 22.8. The van der Waals surface area contributed by atoms with Gasteiger partial charge >= 0.3 is 0 Å². The minimum absolute atomic E-state index is 0.183. The van der Waals surface area contributed by atoms with Crippen molar-refractivity contribution in [2.24, 2.45) is 0 Å².